The zero-order valence-electron chi connectivity index (χ0n) is 31.4. The van der Waals surface area contributed by atoms with Crippen LogP contribution in [0.3, 0.4) is 0 Å². The van der Waals surface area contributed by atoms with Crippen LogP contribution in [0.5, 0.6) is 6.01 Å². The maximum absolute atomic E-state index is 17.0. The van der Waals surface area contributed by atoms with Crippen LogP contribution in [-0.4, -0.2) is 131 Å². The van der Waals surface area contributed by atoms with Crippen molar-refractivity contribution in [3.8, 4) is 17.3 Å². The second-order valence-electron chi connectivity index (χ2n) is 15.5. The summed E-state index contributed by atoms with van der Waals surface area (Å²) >= 11 is 6.44. The van der Waals surface area contributed by atoms with Crippen LogP contribution >= 0.6 is 11.6 Å². The fourth-order valence-electron chi connectivity index (χ4n) is 9.10. The number of anilines is 1. The predicted molar refractivity (Wildman–Crippen MR) is 209 cm³/mol. The SMILES string of the molecule is [C-]#[N+]C[C@H]1CN(c2nc(OC[C@@]34CCCN3C[C@H](F)C4)nc3c(F)c(-c4cccc5ccc(F)c(Cl)c45)ncc23)CCN1C(=O)/C=C/CN1C[C@@H](C)O[C@@H](C)C1. The molecule has 5 atom stereocenters. The second kappa shape index (κ2) is 15.8. The first-order valence-corrected chi connectivity index (χ1v) is 19.6. The van der Waals surface area contributed by atoms with Gasteiger partial charge in [-0.25, -0.2) is 19.7 Å². The quantitative estimate of drug-likeness (QED) is 0.143. The van der Waals surface area contributed by atoms with Gasteiger partial charge in [0, 0.05) is 75.5 Å². The van der Waals surface area contributed by atoms with Gasteiger partial charge in [0.05, 0.1) is 28.2 Å². The highest BCUT2D eigenvalue weighted by Crippen LogP contribution is 2.42. The number of carbonyl (C=O) groups excluding carboxylic acids is 1. The zero-order chi connectivity index (χ0) is 39.1. The molecule has 4 aliphatic rings. The summed E-state index contributed by atoms with van der Waals surface area (Å²) in [4.78, 5) is 39.1. The second-order valence-corrected chi connectivity index (χ2v) is 15.9. The third kappa shape index (κ3) is 7.38. The maximum atomic E-state index is 17.0. The molecule has 0 N–H and O–H groups in total. The number of alkyl halides is 1. The van der Waals surface area contributed by atoms with Gasteiger partial charge < -0.3 is 24.1 Å². The fraction of sp³-hybridized carbons (Fsp3) is 0.488. The Morgan fingerprint density at radius 2 is 1.93 bits per heavy atom. The van der Waals surface area contributed by atoms with Crippen LogP contribution in [0.2, 0.25) is 5.02 Å². The smallest absolute Gasteiger partial charge is 0.319 e. The van der Waals surface area contributed by atoms with Crippen LogP contribution in [0, 0.1) is 18.2 Å². The number of carbonyl (C=O) groups is 1. The third-order valence-corrected chi connectivity index (χ3v) is 11.9. The lowest BCUT2D eigenvalue weighted by molar-refractivity contribution is -0.128. The zero-order valence-corrected chi connectivity index (χ0v) is 32.2. The van der Waals surface area contributed by atoms with Gasteiger partial charge >= 0.3 is 6.01 Å². The first kappa shape index (κ1) is 38.3. The lowest BCUT2D eigenvalue weighted by Crippen LogP contribution is -2.56. The Labute approximate surface area is 328 Å². The molecule has 0 unspecified atom stereocenters. The van der Waals surface area contributed by atoms with Crippen molar-refractivity contribution in [2.45, 2.75) is 63.1 Å². The van der Waals surface area contributed by atoms with Gasteiger partial charge in [-0.15, -0.1) is 0 Å². The summed E-state index contributed by atoms with van der Waals surface area (Å²) in [7, 11) is 0. The number of amides is 1. The fourth-order valence-corrected chi connectivity index (χ4v) is 9.37. The molecule has 0 spiro atoms. The predicted octanol–water partition coefficient (Wildman–Crippen LogP) is 6.33. The number of rotatable bonds is 9. The van der Waals surface area contributed by atoms with E-state index < -0.39 is 29.4 Å². The molecule has 56 heavy (non-hydrogen) atoms. The van der Waals surface area contributed by atoms with E-state index in [9.17, 15) is 13.6 Å². The Bertz CT molecular complexity index is 2210. The van der Waals surface area contributed by atoms with Crippen molar-refractivity contribution in [3.63, 3.8) is 0 Å². The molecule has 0 saturated carbocycles. The molecule has 2 aromatic heterocycles. The van der Waals surface area contributed by atoms with E-state index in [1.807, 2.05) is 24.8 Å². The van der Waals surface area contributed by atoms with Crippen molar-refractivity contribution in [1.82, 2.24) is 29.7 Å². The lowest BCUT2D eigenvalue weighted by Gasteiger charge is -2.39. The Balaban J connectivity index is 1.12. The number of hydrogen-bond acceptors (Lipinski definition) is 9. The molecular formula is C41H44ClF3N8O3. The number of piperazine rings is 1. The molecule has 0 aliphatic carbocycles. The highest BCUT2D eigenvalue weighted by molar-refractivity contribution is 6.36. The molecule has 6 heterocycles. The number of aromatic nitrogens is 3. The van der Waals surface area contributed by atoms with Crippen molar-refractivity contribution in [1.29, 1.82) is 0 Å². The van der Waals surface area contributed by atoms with Crippen molar-refractivity contribution in [2.75, 3.05) is 70.4 Å². The van der Waals surface area contributed by atoms with Gasteiger partial charge in [0.15, 0.2) is 5.82 Å². The first-order chi connectivity index (χ1) is 27.0. The molecule has 0 bridgehead atoms. The molecule has 4 saturated heterocycles. The van der Waals surface area contributed by atoms with Gasteiger partial charge in [-0.1, -0.05) is 41.9 Å². The monoisotopic (exact) mass is 788 g/mol. The number of morpholine rings is 1. The molecule has 4 fully saturated rings. The van der Waals surface area contributed by atoms with E-state index in [-0.39, 0.29) is 60.1 Å². The summed E-state index contributed by atoms with van der Waals surface area (Å²) in [5, 5.41) is 1.09. The largest absolute Gasteiger partial charge is 0.461 e. The molecule has 15 heteroatoms. The topological polar surface area (TPSA) is 91.5 Å². The highest BCUT2D eigenvalue weighted by atomic mass is 35.5. The summed E-state index contributed by atoms with van der Waals surface area (Å²) in [6.45, 7) is 16.1. The minimum absolute atomic E-state index is 0.0544. The molecule has 4 aromatic rings. The highest BCUT2D eigenvalue weighted by Gasteiger charge is 2.49. The molecule has 2 aromatic carbocycles. The normalized spacial score (nSPS) is 26.0. The van der Waals surface area contributed by atoms with Gasteiger partial charge in [0.2, 0.25) is 12.5 Å². The van der Waals surface area contributed by atoms with Gasteiger partial charge in [0.25, 0.3) is 0 Å². The number of fused-ring (bicyclic) bond motifs is 3. The van der Waals surface area contributed by atoms with Crippen molar-refractivity contribution < 1.29 is 27.4 Å². The first-order valence-electron chi connectivity index (χ1n) is 19.2. The minimum Gasteiger partial charge on any atom is -0.461 e. The summed E-state index contributed by atoms with van der Waals surface area (Å²) in [6, 6.07) is 7.40. The van der Waals surface area contributed by atoms with Crippen molar-refractivity contribution in [3.05, 3.63) is 76.8 Å². The van der Waals surface area contributed by atoms with Crippen molar-refractivity contribution in [2.24, 2.45) is 0 Å². The van der Waals surface area contributed by atoms with E-state index in [1.54, 1.807) is 35.2 Å². The van der Waals surface area contributed by atoms with Gasteiger partial charge in [-0.3, -0.25) is 19.6 Å². The van der Waals surface area contributed by atoms with Crippen LogP contribution < -0.4 is 9.64 Å². The maximum Gasteiger partial charge on any atom is 0.319 e. The average Bonchev–Trinajstić information content (AvgIpc) is 3.70. The van der Waals surface area contributed by atoms with E-state index >= 15 is 4.39 Å². The van der Waals surface area contributed by atoms with Crippen LogP contribution in [0.4, 0.5) is 19.0 Å². The van der Waals surface area contributed by atoms with Crippen LogP contribution in [0.1, 0.15) is 33.1 Å². The third-order valence-electron chi connectivity index (χ3n) is 11.6. The van der Waals surface area contributed by atoms with E-state index in [0.29, 0.717) is 60.1 Å². The molecule has 294 valence electrons. The van der Waals surface area contributed by atoms with E-state index in [1.165, 1.54) is 12.3 Å². The van der Waals surface area contributed by atoms with Crippen LogP contribution in [-0.2, 0) is 9.53 Å². The Kier molecular flexibility index (Phi) is 10.8. The van der Waals surface area contributed by atoms with Crippen molar-refractivity contribution >= 4 is 45.0 Å². The minimum atomic E-state index is -0.963. The van der Waals surface area contributed by atoms with Crippen LogP contribution in [0.15, 0.2) is 48.7 Å². The molecule has 4 aliphatic heterocycles. The van der Waals surface area contributed by atoms with Gasteiger partial charge in [0.1, 0.15) is 41.7 Å². The van der Waals surface area contributed by atoms with E-state index in [4.69, 9.17) is 32.6 Å². The number of benzene rings is 2. The Morgan fingerprint density at radius 1 is 1.11 bits per heavy atom. The standard InChI is InChI=1S/C41H44ClF3N8O3/c1-25-20-50(21-26(2)56-25)13-5-9-33(54)53-16-15-51(23-29(53)18-46-3)39-31-19-47-37(30-8-4-7-27-10-11-32(44)35(42)34(27)30)36(45)38(31)48-40(49-39)55-24-41-12-6-14-52(41)22-28(43)17-41/h4-5,7-11,19,25-26,28-29H,6,12-18,20-24H2,1-2H3/b9-5+/t25-,26+,28-,29+,41+/m1/s1. The van der Waals surface area contributed by atoms with E-state index in [2.05, 4.69) is 24.6 Å². The van der Waals surface area contributed by atoms with Crippen LogP contribution in [0.25, 0.3) is 37.8 Å². The number of ether oxygens (including phenoxy) is 2. The van der Waals surface area contributed by atoms with Gasteiger partial charge in [-0.05, 0) is 44.7 Å². The summed E-state index contributed by atoms with van der Waals surface area (Å²) in [5.74, 6) is -1.25. The number of pyridine rings is 1. The molecule has 1 amide bonds. The Morgan fingerprint density at radius 3 is 2.73 bits per heavy atom. The average molecular weight is 789 g/mol. The molecule has 11 nitrogen and oxygen atoms in total. The number of nitrogens with zero attached hydrogens (tertiary/aromatic N) is 8. The molecular weight excluding hydrogens is 745 g/mol. The molecule has 8 rings (SSSR count). The van der Waals surface area contributed by atoms with Gasteiger partial charge in [-0.2, -0.15) is 9.97 Å². The number of hydrogen-bond donors (Lipinski definition) is 0. The summed E-state index contributed by atoms with van der Waals surface area (Å²) in [5.41, 5.74) is -0.339. The Hall–Kier alpha value is -4.55. The summed E-state index contributed by atoms with van der Waals surface area (Å²) in [6.07, 6.45) is 6.21. The number of halogens is 4. The van der Waals surface area contributed by atoms with E-state index in [0.717, 1.165) is 32.5 Å². The summed E-state index contributed by atoms with van der Waals surface area (Å²) < 4.78 is 58.4. The molecule has 0 radical (unpaired) electrons. The lowest BCUT2D eigenvalue weighted by atomic mass is 9.95.